The summed E-state index contributed by atoms with van der Waals surface area (Å²) in [5.41, 5.74) is 1.23. The van der Waals surface area contributed by atoms with Crippen LogP contribution >= 0.6 is 11.8 Å². The van der Waals surface area contributed by atoms with Crippen molar-refractivity contribution < 1.29 is 4.79 Å². The molecule has 2 heterocycles. The molecule has 3 rings (SSSR count). The second-order valence-electron chi connectivity index (χ2n) is 5.15. The number of carbonyl (C=O) groups excluding carboxylic acids is 1. The van der Waals surface area contributed by atoms with Gasteiger partial charge in [-0.1, -0.05) is 30.0 Å². The number of aryl methyl sites for hydroxylation is 2. The van der Waals surface area contributed by atoms with Gasteiger partial charge in [-0.2, -0.15) is 0 Å². The van der Waals surface area contributed by atoms with E-state index in [4.69, 9.17) is 0 Å². The molecule has 0 radical (unpaired) electrons. The van der Waals surface area contributed by atoms with Crippen LogP contribution in [0.4, 0.5) is 0 Å². The van der Waals surface area contributed by atoms with Crippen molar-refractivity contribution in [3.63, 3.8) is 0 Å². The highest BCUT2D eigenvalue weighted by atomic mass is 32.2. The van der Waals surface area contributed by atoms with Crippen molar-refractivity contribution in [2.45, 2.75) is 18.1 Å². The molecule has 8 heteroatoms. The molecule has 7 nitrogen and oxygen atoms in total. The first-order valence-corrected chi connectivity index (χ1v) is 8.38. The second-order valence-corrected chi connectivity index (χ2v) is 6.09. The fourth-order valence-corrected chi connectivity index (χ4v) is 3.02. The Balaban J connectivity index is 1.39. The summed E-state index contributed by atoms with van der Waals surface area (Å²) in [4.78, 5) is 11.8. The number of nitrogens with one attached hydrogen (secondary N) is 1. The fourth-order valence-electron chi connectivity index (χ4n) is 2.34. The Hall–Kier alpha value is -2.35. The molecule has 0 atom stereocenters. The minimum absolute atomic E-state index is 0.00429. The van der Waals surface area contributed by atoms with Crippen LogP contribution in [-0.4, -0.2) is 43.0 Å². The van der Waals surface area contributed by atoms with Gasteiger partial charge in [0, 0.05) is 31.9 Å². The van der Waals surface area contributed by atoms with Crippen LogP contribution in [0.1, 0.15) is 6.42 Å². The summed E-state index contributed by atoms with van der Waals surface area (Å²) in [6.45, 7) is 1.54. The van der Waals surface area contributed by atoms with E-state index in [-0.39, 0.29) is 5.91 Å². The molecule has 1 aromatic carbocycles. The third-order valence-electron chi connectivity index (χ3n) is 3.49. The number of amides is 1. The number of benzene rings is 1. The first-order chi connectivity index (χ1) is 11.2. The molecule has 23 heavy (non-hydrogen) atoms. The SMILES string of the molecule is Cn1nnnc1SCC(=O)NCCCn1ccc2ccccc21. The van der Waals surface area contributed by atoms with Gasteiger partial charge in [0.05, 0.1) is 5.75 Å². The van der Waals surface area contributed by atoms with E-state index in [9.17, 15) is 4.79 Å². The van der Waals surface area contributed by atoms with E-state index in [2.05, 4.69) is 49.8 Å². The average molecular weight is 330 g/mol. The monoisotopic (exact) mass is 330 g/mol. The Bertz CT molecular complexity index is 796. The Kier molecular flexibility index (Phi) is 4.92. The van der Waals surface area contributed by atoms with Crippen LogP contribution in [0.3, 0.4) is 0 Å². The summed E-state index contributed by atoms with van der Waals surface area (Å²) in [6, 6.07) is 10.4. The predicted molar refractivity (Wildman–Crippen MR) is 89.1 cm³/mol. The average Bonchev–Trinajstić information content (AvgIpc) is 3.16. The topological polar surface area (TPSA) is 77.6 Å². The third kappa shape index (κ3) is 3.89. The zero-order valence-electron chi connectivity index (χ0n) is 12.8. The normalized spacial score (nSPS) is 11.0. The number of nitrogens with zero attached hydrogens (tertiary/aromatic N) is 5. The molecule has 1 amide bonds. The number of aromatic nitrogens is 5. The number of hydrogen-bond acceptors (Lipinski definition) is 5. The van der Waals surface area contributed by atoms with E-state index in [0.717, 1.165) is 13.0 Å². The molecule has 0 saturated carbocycles. The molecular formula is C15H18N6OS. The van der Waals surface area contributed by atoms with Crippen LogP contribution in [0.15, 0.2) is 41.7 Å². The number of fused-ring (bicyclic) bond motifs is 1. The first-order valence-electron chi connectivity index (χ1n) is 7.40. The predicted octanol–water partition coefficient (Wildman–Crippen LogP) is 1.46. The van der Waals surface area contributed by atoms with Crippen LogP contribution < -0.4 is 5.32 Å². The molecule has 0 aliphatic heterocycles. The van der Waals surface area contributed by atoms with Gasteiger partial charge in [-0.25, -0.2) is 4.68 Å². The summed E-state index contributed by atoms with van der Waals surface area (Å²) in [6.07, 6.45) is 2.98. The highest BCUT2D eigenvalue weighted by Crippen LogP contribution is 2.15. The maximum atomic E-state index is 11.8. The van der Waals surface area contributed by atoms with E-state index in [1.165, 1.54) is 22.7 Å². The minimum Gasteiger partial charge on any atom is -0.355 e. The highest BCUT2D eigenvalue weighted by Gasteiger charge is 2.07. The summed E-state index contributed by atoms with van der Waals surface area (Å²) in [7, 11) is 1.75. The van der Waals surface area contributed by atoms with Crippen molar-refractivity contribution in [1.29, 1.82) is 0 Å². The van der Waals surface area contributed by atoms with Gasteiger partial charge >= 0.3 is 0 Å². The lowest BCUT2D eigenvalue weighted by Crippen LogP contribution is -2.27. The maximum Gasteiger partial charge on any atom is 0.230 e. The van der Waals surface area contributed by atoms with E-state index in [1.54, 1.807) is 11.7 Å². The maximum absolute atomic E-state index is 11.8. The molecule has 0 fully saturated rings. The van der Waals surface area contributed by atoms with Gasteiger partial charge in [-0.15, -0.1) is 5.10 Å². The highest BCUT2D eigenvalue weighted by molar-refractivity contribution is 7.99. The molecule has 0 spiro atoms. The molecule has 0 aliphatic carbocycles. The van der Waals surface area contributed by atoms with Crippen molar-refractivity contribution in [2.24, 2.45) is 7.05 Å². The lowest BCUT2D eigenvalue weighted by Gasteiger charge is -2.07. The lowest BCUT2D eigenvalue weighted by molar-refractivity contribution is -0.118. The van der Waals surface area contributed by atoms with Crippen molar-refractivity contribution in [1.82, 2.24) is 30.1 Å². The number of carbonyl (C=O) groups is 1. The van der Waals surface area contributed by atoms with Crippen LogP contribution in [-0.2, 0) is 18.4 Å². The van der Waals surface area contributed by atoms with Gasteiger partial charge in [0.1, 0.15) is 0 Å². The van der Waals surface area contributed by atoms with Gasteiger partial charge in [-0.05, 0) is 34.4 Å². The van der Waals surface area contributed by atoms with Gasteiger partial charge < -0.3 is 9.88 Å². The molecule has 0 bridgehead atoms. The van der Waals surface area contributed by atoms with E-state index < -0.39 is 0 Å². The summed E-state index contributed by atoms with van der Waals surface area (Å²) < 4.78 is 3.76. The minimum atomic E-state index is -0.00429. The van der Waals surface area contributed by atoms with Crippen molar-refractivity contribution in [2.75, 3.05) is 12.3 Å². The largest absolute Gasteiger partial charge is 0.355 e. The number of tetrazole rings is 1. The Morgan fingerprint density at radius 3 is 3.00 bits per heavy atom. The van der Waals surface area contributed by atoms with Crippen molar-refractivity contribution >= 4 is 28.6 Å². The van der Waals surface area contributed by atoms with E-state index in [1.807, 2.05) is 12.1 Å². The molecule has 2 aromatic heterocycles. The van der Waals surface area contributed by atoms with Crippen LogP contribution in [0, 0.1) is 0 Å². The van der Waals surface area contributed by atoms with E-state index >= 15 is 0 Å². The Morgan fingerprint density at radius 1 is 1.30 bits per heavy atom. The van der Waals surface area contributed by atoms with Crippen molar-refractivity contribution in [3.8, 4) is 0 Å². The van der Waals surface area contributed by atoms with Gasteiger partial charge in [-0.3, -0.25) is 4.79 Å². The molecule has 120 valence electrons. The van der Waals surface area contributed by atoms with Gasteiger partial charge in [0.25, 0.3) is 0 Å². The summed E-state index contributed by atoms with van der Waals surface area (Å²) in [5, 5.41) is 15.9. The first kappa shape index (κ1) is 15.5. The third-order valence-corrected chi connectivity index (χ3v) is 4.50. The second kappa shape index (κ2) is 7.28. The Morgan fingerprint density at radius 2 is 2.17 bits per heavy atom. The molecule has 0 unspecified atom stereocenters. The Labute approximate surface area is 138 Å². The van der Waals surface area contributed by atoms with Crippen LogP contribution in [0.25, 0.3) is 10.9 Å². The number of para-hydroxylation sites is 1. The molecule has 1 N–H and O–H groups in total. The van der Waals surface area contributed by atoms with Crippen LogP contribution in [0.5, 0.6) is 0 Å². The molecular weight excluding hydrogens is 312 g/mol. The number of hydrogen-bond donors (Lipinski definition) is 1. The fraction of sp³-hybridized carbons (Fsp3) is 0.333. The number of rotatable bonds is 7. The van der Waals surface area contributed by atoms with Crippen LogP contribution in [0.2, 0.25) is 0 Å². The quantitative estimate of drug-likeness (QED) is 0.524. The summed E-state index contributed by atoms with van der Waals surface area (Å²) >= 11 is 1.33. The molecule has 0 aliphatic rings. The van der Waals surface area contributed by atoms with Gasteiger partial charge in [0.15, 0.2) is 0 Å². The molecule has 0 saturated heterocycles. The van der Waals surface area contributed by atoms with E-state index in [0.29, 0.717) is 17.5 Å². The van der Waals surface area contributed by atoms with Crippen molar-refractivity contribution in [3.05, 3.63) is 36.5 Å². The zero-order chi connectivity index (χ0) is 16.1. The lowest BCUT2D eigenvalue weighted by atomic mass is 10.2. The smallest absolute Gasteiger partial charge is 0.230 e. The zero-order valence-corrected chi connectivity index (χ0v) is 13.7. The number of thioether (sulfide) groups is 1. The summed E-state index contributed by atoms with van der Waals surface area (Å²) in [5.74, 6) is 0.316. The molecule has 3 aromatic rings. The van der Waals surface area contributed by atoms with Gasteiger partial charge in [0.2, 0.25) is 11.1 Å². The standard InChI is InChI=1S/C15H18N6OS/c1-20-15(17-18-19-20)23-11-14(22)16-8-4-9-21-10-7-12-5-2-3-6-13(12)21/h2-3,5-7,10H,4,8-9,11H2,1H3,(H,16,22).